The minimum atomic E-state index is -0.383. The zero-order chi connectivity index (χ0) is 21.2. The van der Waals surface area contributed by atoms with Gasteiger partial charge in [-0.25, -0.2) is 4.79 Å². The number of carbonyl (C=O) groups excluding carboxylic acids is 2. The molecule has 0 fully saturated rings. The van der Waals surface area contributed by atoms with Gasteiger partial charge >= 0.3 is 5.97 Å². The second kappa shape index (κ2) is 11.1. The van der Waals surface area contributed by atoms with Crippen molar-refractivity contribution in [3.63, 3.8) is 0 Å². The summed E-state index contributed by atoms with van der Waals surface area (Å²) in [5, 5.41) is 2.79. The lowest BCUT2D eigenvalue weighted by molar-refractivity contribution is 0.0466. The second-order valence-corrected chi connectivity index (χ2v) is 6.26. The molecule has 0 unspecified atom stereocenters. The summed E-state index contributed by atoms with van der Waals surface area (Å²) in [5.41, 5.74) is 1.38. The highest BCUT2D eigenvalue weighted by Crippen LogP contribution is 2.25. The summed E-state index contributed by atoms with van der Waals surface area (Å²) < 4.78 is 15.7. The Labute approximate surface area is 171 Å². The first kappa shape index (κ1) is 22.2. The van der Waals surface area contributed by atoms with Gasteiger partial charge in [-0.1, -0.05) is 13.8 Å². The lowest BCUT2D eigenvalue weighted by atomic mass is 10.1. The maximum Gasteiger partial charge on any atom is 0.338 e. The molecule has 7 heteroatoms. The van der Waals surface area contributed by atoms with Crippen LogP contribution in [0.1, 0.15) is 34.6 Å². The Bertz CT molecular complexity index is 816. The average Bonchev–Trinajstić information content (AvgIpc) is 2.76. The Morgan fingerprint density at radius 2 is 1.66 bits per heavy atom. The lowest BCUT2D eigenvalue weighted by Gasteiger charge is -2.17. The molecule has 0 bridgehead atoms. The molecule has 2 aromatic carbocycles. The molecule has 1 N–H and O–H groups in total. The smallest absolute Gasteiger partial charge is 0.338 e. The van der Waals surface area contributed by atoms with E-state index >= 15 is 0 Å². The number of ether oxygens (including phenoxy) is 3. The van der Waals surface area contributed by atoms with E-state index in [2.05, 4.69) is 24.1 Å². The van der Waals surface area contributed by atoms with Crippen LogP contribution in [-0.2, 0) is 4.74 Å². The molecule has 0 spiro atoms. The van der Waals surface area contributed by atoms with E-state index in [0.717, 1.165) is 13.1 Å². The van der Waals surface area contributed by atoms with E-state index in [4.69, 9.17) is 14.2 Å². The van der Waals surface area contributed by atoms with Gasteiger partial charge < -0.3 is 24.4 Å². The maximum atomic E-state index is 12.5. The highest BCUT2D eigenvalue weighted by Gasteiger charge is 2.14. The molecule has 0 aliphatic rings. The van der Waals surface area contributed by atoms with Crippen LogP contribution in [0.2, 0.25) is 0 Å². The Morgan fingerprint density at radius 3 is 2.24 bits per heavy atom. The third kappa shape index (κ3) is 6.22. The van der Waals surface area contributed by atoms with Crippen LogP contribution in [0.15, 0.2) is 42.5 Å². The summed E-state index contributed by atoms with van der Waals surface area (Å²) in [7, 11) is 3.04. The summed E-state index contributed by atoms with van der Waals surface area (Å²) in [6.45, 7) is 7.02. The van der Waals surface area contributed by atoms with Gasteiger partial charge in [-0.05, 0) is 49.5 Å². The van der Waals surface area contributed by atoms with Crippen LogP contribution >= 0.6 is 0 Å². The van der Waals surface area contributed by atoms with Crippen LogP contribution in [0.4, 0.5) is 5.69 Å². The van der Waals surface area contributed by atoms with Gasteiger partial charge in [0.15, 0.2) is 0 Å². The summed E-state index contributed by atoms with van der Waals surface area (Å²) >= 11 is 0. The van der Waals surface area contributed by atoms with Crippen molar-refractivity contribution < 1.29 is 23.8 Å². The first-order valence-electron chi connectivity index (χ1n) is 9.55. The van der Waals surface area contributed by atoms with Crippen molar-refractivity contribution in [3.05, 3.63) is 53.6 Å². The number of carbonyl (C=O) groups is 2. The molecule has 2 aromatic rings. The number of nitrogens with one attached hydrogen (secondary N) is 1. The van der Waals surface area contributed by atoms with Crippen molar-refractivity contribution in [2.75, 3.05) is 45.8 Å². The van der Waals surface area contributed by atoms with E-state index in [-0.39, 0.29) is 11.9 Å². The fourth-order valence-corrected chi connectivity index (χ4v) is 2.76. The van der Waals surface area contributed by atoms with Crippen LogP contribution in [0.25, 0.3) is 0 Å². The fraction of sp³-hybridized carbons (Fsp3) is 0.364. The number of methoxy groups -OCH3 is 2. The molecule has 0 aliphatic heterocycles. The minimum Gasteiger partial charge on any atom is -0.497 e. The standard InChI is InChI=1S/C22H28N2O5/c1-5-24(6-2)13-14-29-22(26)16-7-9-17(10-8-16)23-21(25)19-12-11-18(27-3)15-20(19)28-4/h7-12,15H,5-6,13-14H2,1-4H3,(H,23,25). The molecular weight excluding hydrogens is 372 g/mol. The molecule has 2 rings (SSSR count). The van der Waals surface area contributed by atoms with E-state index in [0.29, 0.717) is 41.5 Å². The Hall–Kier alpha value is -3.06. The van der Waals surface area contributed by atoms with Gasteiger partial charge in [-0.2, -0.15) is 0 Å². The maximum absolute atomic E-state index is 12.5. The second-order valence-electron chi connectivity index (χ2n) is 6.26. The van der Waals surface area contributed by atoms with Gasteiger partial charge in [0.25, 0.3) is 5.91 Å². The van der Waals surface area contributed by atoms with Crippen LogP contribution in [-0.4, -0.2) is 57.2 Å². The quantitative estimate of drug-likeness (QED) is 0.616. The van der Waals surface area contributed by atoms with Gasteiger partial charge in [0, 0.05) is 18.3 Å². The molecular formula is C22H28N2O5. The molecule has 0 saturated carbocycles. The van der Waals surface area contributed by atoms with Crippen LogP contribution < -0.4 is 14.8 Å². The van der Waals surface area contributed by atoms with E-state index in [1.165, 1.54) is 7.11 Å². The summed E-state index contributed by atoms with van der Waals surface area (Å²) in [6, 6.07) is 11.5. The number of hydrogen-bond donors (Lipinski definition) is 1. The molecule has 156 valence electrons. The number of anilines is 1. The predicted octanol–water partition coefficient (Wildman–Crippen LogP) is 3.45. The molecule has 0 saturated heterocycles. The zero-order valence-electron chi connectivity index (χ0n) is 17.4. The van der Waals surface area contributed by atoms with Crippen molar-refractivity contribution in [3.8, 4) is 11.5 Å². The van der Waals surface area contributed by atoms with Crippen molar-refractivity contribution >= 4 is 17.6 Å². The molecule has 0 heterocycles. The number of rotatable bonds is 10. The van der Waals surface area contributed by atoms with Crippen LogP contribution in [0.3, 0.4) is 0 Å². The van der Waals surface area contributed by atoms with Gasteiger partial charge in [0.05, 0.1) is 25.3 Å². The fourth-order valence-electron chi connectivity index (χ4n) is 2.76. The summed E-state index contributed by atoms with van der Waals surface area (Å²) in [4.78, 5) is 26.9. The highest BCUT2D eigenvalue weighted by molar-refractivity contribution is 6.06. The largest absolute Gasteiger partial charge is 0.497 e. The van der Waals surface area contributed by atoms with Crippen LogP contribution in [0, 0.1) is 0 Å². The molecule has 0 atom stereocenters. The third-order valence-corrected chi connectivity index (χ3v) is 4.57. The van der Waals surface area contributed by atoms with E-state index in [9.17, 15) is 9.59 Å². The molecule has 1 amide bonds. The highest BCUT2D eigenvalue weighted by atomic mass is 16.5. The number of amides is 1. The average molecular weight is 400 g/mol. The molecule has 29 heavy (non-hydrogen) atoms. The molecule has 0 radical (unpaired) electrons. The Morgan fingerprint density at radius 1 is 0.966 bits per heavy atom. The van der Waals surface area contributed by atoms with Gasteiger partial charge in [-0.3, -0.25) is 4.79 Å². The van der Waals surface area contributed by atoms with Gasteiger partial charge in [0.2, 0.25) is 0 Å². The number of hydrogen-bond acceptors (Lipinski definition) is 6. The van der Waals surface area contributed by atoms with Crippen molar-refractivity contribution in [2.45, 2.75) is 13.8 Å². The number of esters is 1. The first-order chi connectivity index (χ1) is 14.0. The molecule has 7 nitrogen and oxygen atoms in total. The van der Waals surface area contributed by atoms with E-state index in [1.54, 1.807) is 49.6 Å². The van der Waals surface area contributed by atoms with E-state index < -0.39 is 0 Å². The van der Waals surface area contributed by atoms with Crippen LogP contribution in [0.5, 0.6) is 11.5 Å². The third-order valence-electron chi connectivity index (χ3n) is 4.57. The Kier molecular flexibility index (Phi) is 8.48. The van der Waals surface area contributed by atoms with Crippen molar-refractivity contribution in [1.82, 2.24) is 4.90 Å². The van der Waals surface area contributed by atoms with Gasteiger partial charge in [0.1, 0.15) is 18.1 Å². The summed E-state index contributed by atoms with van der Waals surface area (Å²) in [5.74, 6) is 0.309. The minimum absolute atomic E-state index is 0.320. The summed E-state index contributed by atoms with van der Waals surface area (Å²) in [6.07, 6.45) is 0. The number of likely N-dealkylation sites (N-methyl/N-ethyl adjacent to an activating group) is 1. The van der Waals surface area contributed by atoms with Gasteiger partial charge in [-0.15, -0.1) is 0 Å². The number of benzene rings is 2. The van der Waals surface area contributed by atoms with E-state index in [1.807, 2.05) is 0 Å². The Balaban J connectivity index is 1.96. The lowest BCUT2D eigenvalue weighted by Crippen LogP contribution is -2.27. The topological polar surface area (TPSA) is 77.1 Å². The molecule has 0 aromatic heterocycles. The SMILES string of the molecule is CCN(CC)CCOC(=O)c1ccc(NC(=O)c2ccc(OC)cc2OC)cc1. The monoisotopic (exact) mass is 400 g/mol. The normalized spacial score (nSPS) is 10.5. The van der Waals surface area contributed by atoms with Crippen molar-refractivity contribution in [2.24, 2.45) is 0 Å². The zero-order valence-corrected chi connectivity index (χ0v) is 17.4. The first-order valence-corrected chi connectivity index (χ1v) is 9.55. The number of nitrogens with zero attached hydrogens (tertiary/aromatic N) is 1. The predicted molar refractivity (Wildman–Crippen MR) is 112 cm³/mol. The van der Waals surface area contributed by atoms with Crippen molar-refractivity contribution in [1.29, 1.82) is 0 Å². The molecule has 0 aliphatic carbocycles.